The van der Waals surface area contributed by atoms with Crippen molar-refractivity contribution in [2.75, 3.05) is 26.2 Å². The van der Waals surface area contributed by atoms with Gasteiger partial charge >= 0.3 is 0 Å². The zero-order chi connectivity index (χ0) is 32.8. The summed E-state index contributed by atoms with van der Waals surface area (Å²) >= 11 is 0. The lowest BCUT2D eigenvalue weighted by molar-refractivity contribution is -0.164. The van der Waals surface area contributed by atoms with Gasteiger partial charge in [-0.2, -0.15) is 10.2 Å². The molecule has 4 heterocycles. The number of phenolic OH excluding ortho intramolecular Hbond substituents is 2. The number of hydrogen-bond acceptors (Lipinski definition) is 10. The first-order chi connectivity index (χ1) is 23.2. The third-order valence-corrected chi connectivity index (χ3v) is 13.8. The van der Waals surface area contributed by atoms with Crippen LogP contribution in [-0.2, 0) is 23.7 Å². The quantitative estimate of drug-likeness (QED) is 0.268. The van der Waals surface area contributed by atoms with Crippen LogP contribution in [0.25, 0.3) is 0 Å². The molecule has 4 bridgehead atoms. The highest BCUT2D eigenvalue weighted by Crippen LogP contribution is 2.66. The van der Waals surface area contributed by atoms with Crippen LogP contribution in [0.5, 0.6) is 23.0 Å². The van der Waals surface area contributed by atoms with Gasteiger partial charge < -0.3 is 29.9 Å². The van der Waals surface area contributed by atoms with Gasteiger partial charge in [0.15, 0.2) is 35.2 Å². The first-order valence-corrected chi connectivity index (χ1v) is 17.5. The van der Waals surface area contributed by atoms with Crippen molar-refractivity contribution in [3.63, 3.8) is 0 Å². The minimum Gasteiger partial charge on any atom is -0.504 e. The molecule has 4 fully saturated rings. The number of phenols is 2. The molecule has 0 amide bonds. The van der Waals surface area contributed by atoms with Crippen molar-refractivity contribution in [3.8, 4) is 23.0 Å². The van der Waals surface area contributed by atoms with Crippen LogP contribution in [0, 0.1) is 0 Å². The largest absolute Gasteiger partial charge is 0.504 e. The van der Waals surface area contributed by atoms with Crippen LogP contribution >= 0.6 is 24.8 Å². The van der Waals surface area contributed by atoms with Gasteiger partial charge in [0.1, 0.15) is 0 Å². The average Bonchev–Trinajstić information content (AvgIpc) is 3.61. The van der Waals surface area contributed by atoms with E-state index in [1.807, 2.05) is 24.3 Å². The molecule has 2 saturated heterocycles. The SMILES string of the molecule is C=CCN1CC[C@]23c4c5ccc(O)c4O[C@@H]2C(=N/N=C2/CC[C@@]4(O)C6Cc7ccc(O)c8c7[C@@]4(CCN6CC=C)[C@@H]2O8)CC[C@@]3(O)C1C5.Cl.Cl. The summed E-state index contributed by atoms with van der Waals surface area (Å²) in [5.74, 6) is 1.11. The van der Waals surface area contributed by atoms with Gasteiger partial charge in [-0.25, -0.2) is 0 Å². The molecule has 2 spiro atoms. The second kappa shape index (κ2) is 11.2. The average molecular weight is 724 g/mol. The topological polar surface area (TPSA) is 131 Å². The third-order valence-electron chi connectivity index (χ3n) is 13.8. The van der Waals surface area contributed by atoms with Crippen LogP contribution in [0.15, 0.2) is 59.8 Å². The molecule has 2 aromatic carbocycles. The molecule has 0 radical (unpaired) electrons. The Labute approximate surface area is 304 Å². The molecule has 2 saturated carbocycles. The summed E-state index contributed by atoms with van der Waals surface area (Å²) in [6.45, 7) is 10.9. The Morgan fingerprint density at radius 1 is 0.700 bits per heavy atom. The van der Waals surface area contributed by atoms with Crippen molar-refractivity contribution in [1.29, 1.82) is 0 Å². The van der Waals surface area contributed by atoms with Gasteiger partial charge in [0.25, 0.3) is 0 Å². The fourth-order valence-electron chi connectivity index (χ4n) is 12.0. The summed E-state index contributed by atoms with van der Waals surface area (Å²) in [6, 6.07) is 7.18. The number of rotatable bonds is 5. The Morgan fingerprint density at radius 2 is 1.12 bits per heavy atom. The van der Waals surface area contributed by atoms with Crippen LogP contribution in [0.4, 0.5) is 0 Å². The zero-order valence-electron chi connectivity index (χ0n) is 27.9. The Hall–Kier alpha value is -3.12. The normalized spacial score (nSPS) is 39.7. The smallest absolute Gasteiger partial charge is 0.166 e. The highest BCUT2D eigenvalue weighted by Gasteiger charge is 2.74. The van der Waals surface area contributed by atoms with E-state index in [4.69, 9.17) is 19.7 Å². The van der Waals surface area contributed by atoms with Gasteiger partial charge in [0.05, 0.1) is 33.5 Å². The van der Waals surface area contributed by atoms with Crippen molar-refractivity contribution < 1.29 is 29.9 Å². The van der Waals surface area contributed by atoms with E-state index in [0.717, 1.165) is 46.8 Å². The highest BCUT2D eigenvalue weighted by atomic mass is 35.5. The summed E-state index contributed by atoms with van der Waals surface area (Å²) in [5.41, 5.74) is 1.99. The van der Waals surface area contributed by atoms with Gasteiger partial charge in [0.2, 0.25) is 0 Å². The first kappa shape index (κ1) is 34.0. The van der Waals surface area contributed by atoms with E-state index in [0.29, 0.717) is 76.0 Å². The second-order valence-corrected chi connectivity index (χ2v) is 15.4. The van der Waals surface area contributed by atoms with Gasteiger partial charge in [0, 0.05) is 49.4 Å². The monoisotopic (exact) mass is 722 g/mol. The van der Waals surface area contributed by atoms with Crippen LogP contribution in [0.1, 0.15) is 60.8 Å². The molecule has 266 valence electrons. The van der Waals surface area contributed by atoms with Crippen LogP contribution in [0.2, 0.25) is 0 Å². The minimum absolute atomic E-state index is 0. The molecule has 2 aromatic rings. The molecule has 4 aliphatic heterocycles. The Bertz CT molecular complexity index is 1750. The lowest BCUT2D eigenvalue weighted by Crippen LogP contribution is -2.76. The molecule has 50 heavy (non-hydrogen) atoms. The summed E-state index contributed by atoms with van der Waals surface area (Å²) in [7, 11) is 0. The third kappa shape index (κ3) is 3.75. The van der Waals surface area contributed by atoms with E-state index >= 15 is 0 Å². The van der Waals surface area contributed by atoms with Crippen LogP contribution < -0.4 is 9.47 Å². The van der Waals surface area contributed by atoms with Gasteiger partial charge in [-0.15, -0.1) is 38.0 Å². The number of aromatic hydroxyl groups is 2. The Morgan fingerprint density at radius 3 is 1.52 bits per heavy atom. The van der Waals surface area contributed by atoms with Gasteiger partial charge in [-0.1, -0.05) is 24.3 Å². The molecule has 10 nitrogen and oxygen atoms in total. The molecule has 12 heteroatoms. The van der Waals surface area contributed by atoms with E-state index in [2.05, 4.69) is 23.0 Å². The minimum atomic E-state index is -1.06. The lowest BCUT2D eigenvalue weighted by atomic mass is 9.48. The number of nitrogens with zero attached hydrogens (tertiary/aromatic N) is 4. The maximum atomic E-state index is 12.7. The van der Waals surface area contributed by atoms with E-state index in [1.54, 1.807) is 12.1 Å². The molecule has 8 aliphatic rings. The number of benzene rings is 2. The second-order valence-electron chi connectivity index (χ2n) is 15.4. The molecule has 4 N–H and O–H groups in total. The molecule has 2 unspecified atom stereocenters. The predicted octanol–water partition coefficient (Wildman–Crippen LogP) is 4.12. The number of aliphatic hydroxyl groups is 2. The Kier molecular flexibility index (Phi) is 7.61. The standard InChI is InChI=1S/C38H42N4O6.2ClH/c1-3-15-41-17-13-35-29-21-5-7-25(43)31(29)47-33(35)23(9-11-37(35,45)27(41)19-21)39-40-24-10-12-38(46)28-20-22-6-8-26(44)32-30(22)36(38,34(24)48-32)14-18-42(28)16-4-2;;/h3-8,27-28,33-34,43-46H,1-2,9-20H2;2*1H/b39-23-,40-24?;;/t27?,28?,33-,34-,35+,36+,37-,38-;;/m1../s1. The number of halogens is 2. The number of likely N-dealkylation sites (tertiary alicyclic amines) is 2. The maximum Gasteiger partial charge on any atom is 0.166 e. The molecule has 8 atom stereocenters. The molecular formula is C38H44Cl2N4O6. The van der Waals surface area contributed by atoms with Crippen molar-refractivity contribution in [2.24, 2.45) is 10.2 Å². The van der Waals surface area contributed by atoms with Gasteiger partial charge in [-0.05, 0) is 74.6 Å². The Balaban J connectivity index is 0.00000180. The molecule has 4 aliphatic carbocycles. The molecule has 0 aromatic heterocycles. The zero-order valence-corrected chi connectivity index (χ0v) is 29.5. The van der Waals surface area contributed by atoms with Crippen molar-refractivity contribution in [1.82, 2.24) is 9.80 Å². The maximum absolute atomic E-state index is 12.7. The first-order valence-electron chi connectivity index (χ1n) is 17.5. The predicted molar refractivity (Wildman–Crippen MR) is 194 cm³/mol. The summed E-state index contributed by atoms with van der Waals surface area (Å²) in [5, 5.41) is 57.4. The van der Waals surface area contributed by atoms with E-state index in [1.165, 1.54) is 0 Å². The van der Waals surface area contributed by atoms with E-state index in [-0.39, 0.29) is 48.4 Å². The van der Waals surface area contributed by atoms with Crippen molar-refractivity contribution >= 4 is 36.2 Å². The fourth-order valence-corrected chi connectivity index (χ4v) is 12.0. The fraction of sp³-hybridized carbons (Fsp3) is 0.526. The molecule has 10 rings (SSSR count). The lowest BCUT2D eigenvalue weighted by Gasteiger charge is -2.63. The highest BCUT2D eigenvalue weighted by molar-refractivity contribution is 5.98. The van der Waals surface area contributed by atoms with Crippen LogP contribution in [-0.4, -0.2) is 103 Å². The summed E-state index contributed by atoms with van der Waals surface area (Å²) in [4.78, 5) is 4.68. The number of hydrogen-bond donors (Lipinski definition) is 4. The van der Waals surface area contributed by atoms with Crippen LogP contribution in [0.3, 0.4) is 0 Å². The van der Waals surface area contributed by atoms with Crippen molar-refractivity contribution in [3.05, 3.63) is 71.8 Å². The number of piperidine rings is 2. The van der Waals surface area contributed by atoms with E-state index < -0.39 is 34.2 Å². The summed E-state index contributed by atoms with van der Waals surface area (Å²) in [6.07, 6.45) is 7.42. The summed E-state index contributed by atoms with van der Waals surface area (Å²) < 4.78 is 13.3. The van der Waals surface area contributed by atoms with Gasteiger partial charge in [-0.3, -0.25) is 9.80 Å². The van der Waals surface area contributed by atoms with E-state index in [9.17, 15) is 20.4 Å². The van der Waals surface area contributed by atoms with Crippen molar-refractivity contribution in [2.45, 2.75) is 97.7 Å². The number of ether oxygens (including phenoxy) is 2. The molecular weight excluding hydrogens is 679 g/mol.